The molecular formula is C16H17F2N5S. The van der Waals surface area contributed by atoms with Gasteiger partial charge in [0, 0.05) is 24.5 Å². The maximum absolute atomic E-state index is 12.9. The first-order valence-electron chi connectivity index (χ1n) is 7.53. The average molecular weight is 349 g/mol. The molecule has 0 atom stereocenters. The van der Waals surface area contributed by atoms with E-state index < -0.39 is 6.55 Å². The molecule has 0 aliphatic carbocycles. The zero-order valence-corrected chi connectivity index (χ0v) is 14.2. The number of halogens is 2. The van der Waals surface area contributed by atoms with E-state index in [0.29, 0.717) is 23.3 Å². The van der Waals surface area contributed by atoms with E-state index in [4.69, 9.17) is 0 Å². The number of hydrogen-bond donors (Lipinski definition) is 0. The molecule has 0 aliphatic heterocycles. The van der Waals surface area contributed by atoms with E-state index in [0.717, 1.165) is 21.5 Å². The maximum atomic E-state index is 12.9. The molecule has 0 amide bonds. The second kappa shape index (κ2) is 7.12. The first kappa shape index (κ1) is 16.6. The molecule has 2 aromatic heterocycles. The molecule has 0 radical (unpaired) electrons. The van der Waals surface area contributed by atoms with Crippen molar-refractivity contribution in [1.29, 1.82) is 0 Å². The topological polar surface area (TPSA) is 48.5 Å². The van der Waals surface area contributed by atoms with Crippen LogP contribution in [0.2, 0.25) is 0 Å². The van der Waals surface area contributed by atoms with Crippen LogP contribution in [0.15, 0.2) is 41.8 Å². The number of aromatic nitrogens is 5. The normalized spacial score (nSPS) is 11.4. The first-order valence-corrected chi connectivity index (χ1v) is 8.51. The fourth-order valence-electron chi connectivity index (χ4n) is 2.44. The van der Waals surface area contributed by atoms with Gasteiger partial charge < -0.3 is 4.57 Å². The smallest absolute Gasteiger partial charge is 0.302 e. The molecule has 0 unspecified atom stereocenters. The molecular weight excluding hydrogens is 332 g/mol. The van der Waals surface area contributed by atoms with Crippen molar-refractivity contribution in [2.24, 2.45) is 0 Å². The van der Waals surface area contributed by atoms with Crippen LogP contribution in [-0.2, 0) is 12.3 Å². The number of rotatable bonds is 6. The number of hydrogen-bond acceptors (Lipinski definition) is 4. The summed E-state index contributed by atoms with van der Waals surface area (Å²) in [5.74, 6) is 1.40. The fourth-order valence-corrected chi connectivity index (χ4v) is 3.39. The Morgan fingerprint density at radius 3 is 2.79 bits per heavy atom. The van der Waals surface area contributed by atoms with Crippen molar-refractivity contribution in [2.75, 3.05) is 0 Å². The van der Waals surface area contributed by atoms with Gasteiger partial charge in [0.2, 0.25) is 0 Å². The van der Waals surface area contributed by atoms with Crippen LogP contribution in [0.5, 0.6) is 0 Å². The van der Waals surface area contributed by atoms with Gasteiger partial charge in [-0.05, 0) is 19.9 Å². The Balaban J connectivity index is 1.83. The van der Waals surface area contributed by atoms with Gasteiger partial charge in [-0.1, -0.05) is 35.5 Å². The molecule has 5 nitrogen and oxygen atoms in total. The van der Waals surface area contributed by atoms with Crippen LogP contribution < -0.4 is 0 Å². The Morgan fingerprint density at radius 1 is 1.25 bits per heavy atom. The van der Waals surface area contributed by atoms with Gasteiger partial charge in [0.15, 0.2) is 11.0 Å². The maximum Gasteiger partial charge on any atom is 0.319 e. The van der Waals surface area contributed by atoms with Gasteiger partial charge in [0.1, 0.15) is 5.82 Å². The quantitative estimate of drug-likeness (QED) is 0.627. The Kier molecular flexibility index (Phi) is 4.94. The minimum absolute atomic E-state index is 0.309. The van der Waals surface area contributed by atoms with Crippen molar-refractivity contribution in [3.05, 3.63) is 48.0 Å². The standard InChI is InChI=1S/C16H17F2N5S/c1-3-22-14(12-6-4-5-11(2)9-12)20-21-16(22)24-10-13-19-7-8-23(13)15(17)18/h4-9,15H,3,10H2,1-2H3. The molecule has 0 fully saturated rings. The monoisotopic (exact) mass is 349 g/mol. The van der Waals surface area contributed by atoms with E-state index >= 15 is 0 Å². The highest BCUT2D eigenvalue weighted by molar-refractivity contribution is 7.98. The summed E-state index contributed by atoms with van der Waals surface area (Å²) in [5.41, 5.74) is 2.14. The summed E-state index contributed by atoms with van der Waals surface area (Å²) >= 11 is 1.35. The highest BCUT2D eigenvalue weighted by Gasteiger charge is 2.16. The van der Waals surface area contributed by atoms with E-state index in [1.807, 2.05) is 42.7 Å². The van der Waals surface area contributed by atoms with Crippen LogP contribution in [0.3, 0.4) is 0 Å². The van der Waals surface area contributed by atoms with Gasteiger partial charge in [-0.2, -0.15) is 8.78 Å². The van der Waals surface area contributed by atoms with E-state index in [-0.39, 0.29) is 0 Å². The van der Waals surface area contributed by atoms with Crippen molar-refractivity contribution in [1.82, 2.24) is 24.3 Å². The zero-order chi connectivity index (χ0) is 17.1. The lowest BCUT2D eigenvalue weighted by atomic mass is 10.1. The fraction of sp³-hybridized carbons (Fsp3) is 0.312. The summed E-state index contributed by atoms with van der Waals surface area (Å²) in [6, 6.07) is 8.04. The Hall–Kier alpha value is -2.22. The molecule has 0 saturated heterocycles. The third kappa shape index (κ3) is 3.33. The Labute approximate surface area is 142 Å². The van der Waals surface area contributed by atoms with Crippen molar-refractivity contribution in [3.63, 3.8) is 0 Å². The summed E-state index contributed by atoms with van der Waals surface area (Å²) in [5, 5.41) is 9.18. The first-order chi connectivity index (χ1) is 11.6. The molecule has 0 bridgehead atoms. The molecule has 0 saturated carbocycles. The van der Waals surface area contributed by atoms with Gasteiger partial charge in [0.05, 0.1) is 5.75 Å². The second-order valence-corrected chi connectivity index (χ2v) is 6.18. The van der Waals surface area contributed by atoms with Crippen molar-refractivity contribution >= 4 is 11.8 Å². The molecule has 0 aliphatic rings. The van der Waals surface area contributed by atoms with E-state index in [9.17, 15) is 8.78 Å². The van der Waals surface area contributed by atoms with Crippen LogP contribution in [-0.4, -0.2) is 24.3 Å². The van der Waals surface area contributed by atoms with E-state index in [1.165, 1.54) is 24.2 Å². The van der Waals surface area contributed by atoms with Crippen LogP contribution in [0.4, 0.5) is 8.78 Å². The number of aryl methyl sites for hydroxylation is 1. The molecule has 24 heavy (non-hydrogen) atoms. The third-order valence-electron chi connectivity index (χ3n) is 3.60. The lowest BCUT2D eigenvalue weighted by Gasteiger charge is -2.08. The van der Waals surface area contributed by atoms with Gasteiger partial charge in [-0.25, -0.2) is 4.98 Å². The summed E-state index contributed by atoms with van der Waals surface area (Å²) < 4.78 is 28.6. The minimum Gasteiger partial charge on any atom is -0.302 e. The highest BCUT2D eigenvalue weighted by Crippen LogP contribution is 2.27. The number of nitrogens with zero attached hydrogens (tertiary/aromatic N) is 5. The van der Waals surface area contributed by atoms with E-state index in [1.54, 1.807) is 0 Å². The van der Waals surface area contributed by atoms with Gasteiger partial charge in [-0.3, -0.25) is 4.57 Å². The van der Waals surface area contributed by atoms with Crippen molar-refractivity contribution < 1.29 is 8.78 Å². The SMILES string of the molecule is CCn1c(SCc2nccn2C(F)F)nnc1-c1cccc(C)c1. The molecule has 0 N–H and O–H groups in total. The van der Waals surface area contributed by atoms with Gasteiger partial charge in [-0.15, -0.1) is 10.2 Å². The summed E-state index contributed by atoms with van der Waals surface area (Å²) in [6.45, 7) is 2.14. The number of benzene rings is 1. The number of alkyl halides is 2. The summed E-state index contributed by atoms with van der Waals surface area (Å²) in [7, 11) is 0. The number of imidazole rings is 1. The molecule has 2 heterocycles. The second-order valence-electron chi connectivity index (χ2n) is 5.24. The molecule has 0 spiro atoms. The highest BCUT2D eigenvalue weighted by atomic mass is 32.2. The lowest BCUT2D eigenvalue weighted by molar-refractivity contribution is 0.0678. The predicted molar refractivity (Wildman–Crippen MR) is 88.9 cm³/mol. The Morgan fingerprint density at radius 2 is 2.08 bits per heavy atom. The largest absolute Gasteiger partial charge is 0.319 e. The van der Waals surface area contributed by atoms with Gasteiger partial charge >= 0.3 is 6.55 Å². The Bertz CT molecular complexity index is 827. The molecule has 126 valence electrons. The minimum atomic E-state index is -2.59. The predicted octanol–water partition coefficient (Wildman–Crippen LogP) is 4.16. The van der Waals surface area contributed by atoms with Crippen molar-refractivity contribution in [2.45, 2.75) is 37.9 Å². The van der Waals surface area contributed by atoms with Gasteiger partial charge in [0.25, 0.3) is 0 Å². The summed E-state index contributed by atoms with van der Waals surface area (Å²) in [6.07, 6.45) is 2.66. The van der Waals surface area contributed by atoms with Crippen LogP contribution >= 0.6 is 11.8 Å². The lowest BCUT2D eigenvalue weighted by Crippen LogP contribution is -2.04. The molecule has 3 rings (SSSR count). The average Bonchev–Trinajstić information content (AvgIpc) is 3.19. The van der Waals surface area contributed by atoms with Crippen LogP contribution in [0.1, 0.15) is 24.9 Å². The van der Waals surface area contributed by atoms with Crippen LogP contribution in [0.25, 0.3) is 11.4 Å². The molecule has 3 aromatic rings. The third-order valence-corrected chi connectivity index (χ3v) is 4.56. The number of thioether (sulfide) groups is 1. The summed E-state index contributed by atoms with van der Waals surface area (Å²) in [4.78, 5) is 3.99. The molecule has 1 aromatic carbocycles. The molecule has 8 heteroatoms. The van der Waals surface area contributed by atoms with Crippen molar-refractivity contribution in [3.8, 4) is 11.4 Å². The zero-order valence-electron chi connectivity index (χ0n) is 13.4. The van der Waals surface area contributed by atoms with E-state index in [2.05, 4.69) is 15.2 Å². The van der Waals surface area contributed by atoms with Crippen LogP contribution in [0, 0.1) is 6.92 Å².